The molecule has 0 saturated heterocycles. The number of hydrogen-bond acceptors (Lipinski definition) is 5. The van der Waals surface area contributed by atoms with Crippen LogP contribution in [0.15, 0.2) is 66.7 Å². The van der Waals surface area contributed by atoms with Gasteiger partial charge in [0.15, 0.2) is 0 Å². The molecule has 3 aromatic carbocycles. The SMILES string of the molecule is COc1ccc2nc(-n3nc(C)cc3NC(=O)Cc3ccc4ccccc4c3)sc2c1. The van der Waals surface area contributed by atoms with Gasteiger partial charge in [-0.25, -0.2) is 4.98 Å². The fourth-order valence-electron chi connectivity index (χ4n) is 3.57. The molecule has 0 unspecified atom stereocenters. The number of carbonyl (C=O) groups is 1. The van der Waals surface area contributed by atoms with E-state index in [0.717, 1.165) is 38.0 Å². The molecule has 31 heavy (non-hydrogen) atoms. The van der Waals surface area contributed by atoms with Crippen molar-refractivity contribution in [3.63, 3.8) is 0 Å². The van der Waals surface area contributed by atoms with Crippen molar-refractivity contribution in [2.45, 2.75) is 13.3 Å². The van der Waals surface area contributed by atoms with E-state index >= 15 is 0 Å². The van der Waals surface area contributed by atoms with E-state index in [0.29, 0.717) is 10.9 Å². The van der Waals surface area contributed by atoms with Gasteiger partial charge < -0.3 is 10.1 Å². The molecule has 0 aliphatic rings. The number of ether oxygens (including phenoxy) is 1. The van der Waals surface area contributed by atoms with Crippen molar-refractivity contribution < 1.29 is 9.53 Å². The Hall–Kier alpha value is -3.71. The Labute approximate surface area is 183 Å². The molecule has 0 fully saturated rings. The first-order valence-electron chi connectivity index (χ1n) is 9.88. The first-order valence-corrected chi connectivity index (χ1v) is 10.7. The standard InChI is InChI=1S/C24H20N4O2S/c1-15-11-22(26-23(29)13-16-7-8-17-5-3-4-6-18(17)12-16)28(27-15)24-25-20-10-9-19(30-2)14-21(20)31-24/h3-12,14H,13H2,1-2H3,(H,26,29). The number of carbonyl (C=O) groups excluding carboxylic acids is 1. The molecule has 6 nitrogen and oxygen atoms in total. The molecule has 2 aromatic heterocycles. The van der Waals surface area contributed by atoms with Crippen LogP contribution in [-0.2, 0) is 11.2 Å². The van der Waals surface area contributed by atoms with E-state index in [4.69, 9.17) is 4.74 Å². The number of rotatable bonds is 5. The first-order chi connectivity index (χ1) is 15.1. The highest BCUT2D eigenvalue weighted by atomic mass is 32.1. The smallest absolute Gasteiger partial charge is 0.229 e. The maximum atomic E-state index is 12.8. The lowest BCUT2D eigenvalue weighted by atomic mass is 10.1. The van der Waals surface area contributed by atoms with Crippen LogP contribution in [0.3, 0.4) is 0 Å². The van der Waals surface area contributed by atoms with Gasteiger partial charge in [0.1, 0.15) is 11.6 Å². The number of hydrogen-bond donors (Lipinski definition) is 1. The average Bonchev–Trinajstić information content (AvgIpc) is 3.35. The minimum Gasteiger partial charge on any atom is -0.497 e. The Morgan fingerprint density at radius 1 is 1.06 bits per heavy atom. The number of amides is 1. The summed E-state index contributed by atoms with van der Waals surface area (Å²) in [7, 11) is 1.64. The topological polar surface area (TPSA) is 69.0 Å². The van der Waals surface area contributed by atoms with Crippen LogP contribution in [0.1, 0.15) is 11.3 Å². The summed E-state index contributed by atoms with van der Waals surface area (Å²) in [5.74, 6) is 1.29. The molecule has 5 rings (SSSR count). The van der Waals surface area contributed by atoms with E-state index in [-0.39, 0.29) is 12.3 Å². The van der Waals surface area contributed by atoms with Crippen LogP contribution in [0.4, 0.5) is 5.82 Å². The van der Waals surface area contributed by atoms with Crippen molar-refractivity contribution in [2.75, 3.05) is 12.4 Å². The molecule has 5 aromatic rings. The van der Waals surface area contributed by atoms with Crippen LogP contribution in [0.25, 0.3) is 26.1 Å². The second kappa shape index (κ2) is 7.85. The number of aryl methyl sites for hydroxylation is 1. The van der Waals surface area contributed by atoms with E-state index < -0.39 is 0 Å². The normalized spacial score (nSPS) is 11.2. The second-order valence-corrected chi connectivity index (χ2v) is 8.33. The lowest BCUT2D eigenvalue weighted by molar-refractivity contribution is -0.115. The molecule has 0 aliphatic heterocycles. The van der Waals surface area contributed by atoms with Gasteiger partial charge in [0, 0.05) is 6.07 Å². The highest BCUT2D eigenvalue weighted by molar-refractivity contribution is 7.20. The first kappa shape index (κ1) is 19.3. The number of fused-ring (bicyclic) bond motifs is 2. The molecule has 0 aliphatic carbocycles. The molecule has 0 bridgehead atoms. The Balaban J connectivity index is 1.40. The van der Waals surface area contributed by atoms with E-state index in [1.807, 2.05) is 55.5 Å². The van der Waals surface area contributed by atoms with Gasteiger partial charge in [-0.05, 0) is 41.5 Å². The number of methoxy groups -OCH3 is 1. The monoisotopic (exact) mass is 428 g/mol. The fraction of sp³-hybridized carbons (Fsp3) is 0.125. The number of thiazole rings is 1. The molecule has 1 amide bonds. The van der Waals surface area contributed by atoms with Crippen LogP contribution in [0.2, 0.25) is 0 Å². The Morgan fingerprint density at radius 2 is 1.90 bits per heavy atom. The van der Waals surface area contributed by atoms with Crippen molar-refractivity contribution >= 4 is 44.1 Å². The van der Waals surface area contributed by atoms with Crippen LogP contribution in [-0.4, -0.2) is 27.8 Å². The number of nitrogens with zero attached hydrogens (tertiary/aromatic N) is 3. The van der Waals surface area contributed by atoms with Gasteiger partial charge in [-0.1, -0.05) is 53.8 Å². The lowest BCUT2D eigenvalue weighted by Crippen LogP contribution is -2.17. The molecule has 2 heterocycles. The molecule has 1 N–H and O–H groups in total. The van der Waals surface area contributed by atoms with Crippen LogP contribution in [0, 0.1) is 6.92 Å². The Morgan fingerprint density at radius 3 is 2.74 bits per heavy atom. The van der Waals surface area contributed by atoms with Gasteiger partial charge in [-0.2, -0.15) is 9.78 Å². The third-order valence-corrected chi connectivity index (χ3v) is 6.04. The summed E-state index contributed by atoms with van der Waals surface area (Å²) >= 11 is 1.50. The lowest BCUT2D eigenvalue weighted by Gasteiger charge is -2.07. The minimum absolute atomic E-state index is 0.0980. The van der Waals surface area contributed by atoms with Crippen molar-refractivity contribution in [1.82, 2.24) is 14.8 Å². The van der Waals surface area contributed by atoms with Crippen molar-refractivity contribution in [3.05, 3.63) is 78.0 Å². The molecular weight excluding hydrogens is 408 g/mol. The number of aromatic nitrogens is 3. The third-order valence-electron chi connectivity index (χ3n) is 5.04. The summed E-state index contributed by atoms with van der Waals surface area (Å²) < 4.78 is 7.98. The fourth-order valence-corrected chi connectivity index (χ4v) is 4.53. The van der Waals surface area contributed by atoms with Gasteiger partial charge in [0.05, 0.1) is 29.4 Å². The molecular formula is C24H20N4O2S. The van der Waals surface area contributed by atoms with Gasteiger partial charge in [0.2, 0.25) is 11.0 Å². The van der Waals surface area contributed by atoms with E-state index in [1.165, 1.54) is 11.3 Å². The number of anilines is 1. The van der Waals surface area contributed by atoms with E-state index in [2.05, 4.69) is 33.6 Å². The van der Waals surface area contributed by atoms with Gasteiger partial charge in [0.25, 0.3) is 0 Å². The average molecular weight is 429 g/mol. The molecule has 0 atom stereocenters. The van der Waals surface area contributed by atoms with Gasteiger partial charge in [-0.3, -0.25) is 4.79 Å². The summed E-state index contributed by atoms with van der Waals surface area (Å²) in [6.45, 7) is 1.89. The zero-order valence-corrected chi connectivity index (χ0v) is 17.9. The summed E-state index contributed by atoms with van der Waals surface area (Å²) in [6.07, 6.45) is 0.284. The summed E-state index contributed by atoms with van der Waals surface area (Å²) in [5.41, 5.74) is 2.63. The van der Waals surface area contributed by atoms with Crippen molar-refractivity contribution in [1.29, 1.82) is 0 Å². The molecule has 7 heteroatoms. The molecule has 0 radical (unpaired) electrons. The summed E-state index contributed by atoms with van der Waals surface area (Å²) in [6, 6.07) is 21.8. The Kier molecular flexibility index (Phi) is 4.88. The number of nitrogens with one attached hydrogen (secondary N) is 1. The predicted octanol–water partition coefficient (Wildman–Crippen LogP) is 5.13. The van der Waals surface area contributed by atoms with Crippen LogP contribution < -0.4 is 10.1 Å². The molecule has 0 spiro atoms. The third kappa shape index (κ3) is 3.87. The summed E-state index contributed by atoms with van der Waals surface area (Å²) in [5, 5.41) is 10.5. The molecule has 154 valence electrons. The van der Waals surface area contributed by atoms with E-state index in [9.17, 15) is 4.79 Å². The summed E-state index contributed by atoms with van der Waals surface area (Å²) in [4.78, 5) is 17.5. The van der Waals surface area contributed by atoms with Crippen molar-refractivity contribution in [2.24, 2.45) is 0 Å². The van der Waals surface area contributed by atoms with E-state index in [1.54, 1.807) is 11.8 Å². The largest absolute Gasteiger partial charge is 0.497 e. The highest BCUT2D eigenvalue weighted by Gasteiger charge is 2.15. The van der Waals surface area contributed by atoms with Gasteiger partial charge >= 0.3 is 0 Å². The van der Waals surface area contributed by atoms with Crippen LogP contribution in [0.5, 0.6) is 5.75 Å². The maximum absolute atomic E-state index is 12.8. The van der Waals surface area contributed by atoms with Gasteiger partial charge in [-0.15, -0.1) is 0 Å². The minimum atomic E-state index is -0.0980. The predicted molar refractivity (Wildman–Crippen MR) is 124 cm³/mol. The van der Waals surface area contributed by atoms with Crippen LogP contribution >= 0.6 is 11.3 Å². The Bertz CT molecular complexity index is 1420. The number of benzene rings is 3. The quantitative estimate of drug-likeness (QED) is 0.421. The van der Waals surface area contributed by atoms with Crippen molar-refractivity contribution in [3.8, 4) is 10.9 Å². The zero-order valence-electron chi connectivity index (χ0n) is 17.1. The zero-order chi connectivity index (χ0) is 21.4. The second-order valence-electron chi connectivity index (χ2n) is 7.32. The maximum Gasteiger partial charge on any atom is 0.229 e. The highest BCUT2D eigenvalue weighted by Crippen LogP contribution is 2.30. The molecule has 0 saturated carbocycles.